The smallest absolute Gasteiger partial charge is 0.0558 e. The van der Waals surface area contributed by atoms with Crippen molar-refractivity contribution in [1.29, 1.82) is 0 Å². The summed E-state index contributed by atoms with van der Waals surface area (Å²) in [4.78, 5) is 5.05. The van der Waals surface area contributed by atoms with Gasteiger partial charge in [0.1, 0.15) is 0 Å². The average Bonchev–Trinajstić information content (AvgIpc) is 2.50. The van der Waals surface area contributed by atoms with Crippen LogP contribution in [0.25, 0.3) is 0 Å². The van der Waals surface area contributed by atoms with Crippen LogP contribution in [-0.2, 0) is 0 Å². The first-order valence-corrected chi connectivity index (χ1v) is 9.26. The van der Waals surface area contributed by atoms with E-state index in [9.17, 15) is 0 Å². The van der Waals surface area contributed by atoms with Gasteiger partial charge in [-0.3, -0.25) is 0 Å². The summed E-state index contributed by atoms with van der Waals surface area (Å²) in [7, 11) is 0. The van der Waals surface area contributed by atoms with Crippen LogP contribution < -0.4 is 0 Å². The quantitative estimate of drug-likeness (QED) is 0.782. The zero-order valence-electron chi connectivity index (χ0n) is 14.3. The number of likely N-dealkylation sites (tertiary alicyclic amines) is 2. The van der Waals surface area contributed by atoms with Gasteiger partial charge in [0.25, 0.3) is 0 Å². The van der Waals surface area contributed by atoms with E-state index in [1.807, 2.05) is 0 Å². The van der Waals surface area contributed by atoms with Crippen LogP contribution in [0.4, 0.5) is 0 Å². The maximum Gasteiger partial charge on any atom is 0.0558 e. The number of hydrogen-bond donors (Lipinski definition) is 1. The van der Waals surface area contributed by atoms with Crippen molar-refractivity contribution in [2.75, 3.05) is 39.3 Å². The van der Waals surface area contributed by atoms with Gasteiger partial charge in [-0.1, -0.05) is 19.3 Å². The molecule has 2 rings (SSSR count). The van der Waals surface area contributed by atoms with Gasteiger partial charge in [-0.2, -0.15) is 0 Å². The van der Waals surface area contributed by atoms with E-state index in [2.05, 4.69) is 23.6 Å². The highest BCUT2D eigenvalue weighted by molar-refractivity contribution is 4.76. The Morgan fingerprint density at radius 2 is 1.43 bits per heavy atom. The van der Waals surface area contributed by atoms with Crippen LogP contribution in [0.3, 0.4) is 0 Å². The van der Waals surface area contributed by atoms with Crippen LogP contribution in [0.15, 0.2) is 0 Å². The lowest BCUT2D eigenvalue weighted by molar-refractivity contribution is 0.133. The molecule has 3 nitrogen and oxygen atoms in total. The number of aliphatic hydroxyl groups excluding tert-OH is 1. The van der Waals surface area contributed by atoms with Gasteiger partial charge in [-0.15, -0.1) is 0 Å². The molecule has 0 spiro atoms. The number of nitrogens with zero attached hydrogens (tertiary/aromatic N) is 2. The molecular weight excluding hydrogens is 260 g/mol. The average molecular weight is 296 g/mol. The molecule has 2 aliphatic rings. The van der Waals surface area contributed by atoms with Crippen molar-refractivity contribution in [3.63, 3.8) is 0 Å². The standard InChI is InChI=1S/C18H36N2O/c1-16(2)20-12-8-18(9-13-20)5-3-4-17-6-10-19(11-7-17)14-15-21/h16-18,21H,3-15H2,1-2H3. The Balaban J connectivity index is 1.53. The molecule has 0 bridgehead atoms. The van der Waals surface area contributed by atoms with Crippen molar-refractivity contribution in [1.82, 2.24) is 9.80 Å². The largest absolute Gasteiger partial charge is 0.395 e. The molecule has 1 N–H and O–H groups in total. The fraction of sp³-hybridized carbons (Fsp3) is 1.00. The molecule has 3 heteroatoms. The number of aliphatic hydroxyl groups is 1. The monoisotopic (exact) mass is 296 g/mol. The molecule has 0 saturated carbocycles. The Morgan fingerprint density at radius 3 is 1.90 bits per heavy atom. The van der Waals surface area contributed by atoms with Crippen LogP contribution in [0.2, 0.25) is 0 Å². The second kappa shape index (κ2) is 9.12. The van der Waals surface area contributed by atoms with E-state index in [-0.39, 0.29) is 0 Å². The summed E-state index contributed by atoms with van der Waals surface area (Å²) in [5, 5.41) is 8.98. The number of β-amino-alcohol motifs (C(OH)–C–C–N with tert-alkyl or cyclic N) is 1. The van der Waals surface area contributed by atoms with Gasteiger partial charge in [0.15, 0.2) is 0 Å². The van der Waals surface area contributed by atoms with E-state index in [0.717, 1.165) is 24.4 Å². The third-order valence-electron chi connectivity index (χ3n) is 5.73. The molecule has 124 valence electrons. The molecule has 0 aromatic carbocycles. The van der Waals surface area contributed by atoms with Crippen LogP contribution in [0, 0.1) is 11.8 Å². The van der Waals surface area contributed by atoms with E-state index in [1.54, 1.807) is 0 Å². The van der Waals surface area contributed by atoms with Crippen LogP contribution in [0.5, 0.6) is 0 Å². The molecule has 0 unspecified atom stereocenters. The van der Waals surface area contributed by atoms with Crippen molar-refractivity contribution >= 4 is 0 Å². The van der Waals surface area contributed by atoms with Gasteiger partial charge in [0.05, 0.1) is 6.61 Å². The number of hydrogen-bond acceptors (Lipinski definition) is 3. The van der Waals surface area contributed by atoms with E-state index >= 15 is 0 Å². The Labute approximate surface area is 131 Å². The summed E-state index contributed by atoms with van der Waals surface area (Å²) in [6, 6.07) is 0.732. The molecule has 0 aliphatic carbocycles. The predicted molar refractivity (Wildman–Crippen MR) is 89.5 cm³/mol. The highest BCUT2D eigenvalue weighted by atomic mass is 16.3. The first-order valence-electron chi connectivity index (χ1n) is 9.26. The third-order valence-corrected chi connectivity index (χ3v) is 5.73. The van der Waals surface area contributed by atoms with E-state index < -0.39 is 0 Å². The van der Waals surface area contributed by atoms with Gasteiger partial charge in [0.2, 0.25) is 0 Å². The van der Waals surface area contributed by atoms with Gasteiger partial charge < -0.3 is 14.9 Å². The van der Waals surface area contributed by atoms with Gasteiger partial charge in [0, 0.05) is 12.6 Å². The summed E-state index contributed by atoms with van der Waals surface area (Å²) < 4.78 is 0. The van der Waals surface area contributed by atoms with E-state index in [4.69, 9.17) is 5.11 Å². The third kappa shape index (κ3) is 5.88. The van der Waals surface area contributed by atoms with Crippen molar-refractivity contribution in [3.05, 3.63) is 0 Å². The molecule has 0 atom stereocenters. The zero-order chi connectivity index (χ0) is 15.1. The molecule has 0 radical (unpaired) electrons. The summed E-state index contributed by atoms with van der Waals surface area (Å²) in [5.41, 5.74) is 0. The first-order chi connectivity index (χ1) is 10.2. The fourth-order valence-corrected chi connectivity index (χ4v) is 4.09. The molecule has 0 amide bonds. The van der Waals surface area contributed by atoms with Gasteiger partial charge in [-0.25, -0.2) is 0 Å². The molecule has 2 fully saturated rings. The molecule has 21 heavy (non-hydrogen) atoms. The fourth-order valence-electron chi connectivity index (χ4n) is 4.09. The maximum atomic E-state index is 8.98. The molecule has 2 saturated heterocycles. The van der Waals surface area contributed by atoms with E-state index in [0.29, 0.717) is 6.61 Å². The summed E-state index contributed by atoms with van der Waals surface area (Å²) >= 11 is 0. The summed E-state index contributed by atoms with van der Waals surface area (Å²) in [6.07, 6.45) is 9.90. The lowest BCUT2D eigenvalue weighted by atomic mass is 9.86. The van der Waals surface area contributed by atoms with Crippen LogP contribution >= 0.6 is 0 Å². The highest BCUT2D eigenvalue weighted by Gasteiger charge is 2.22. The molecule has 0 aromatic heterocycles. The second-order valence-electron chi connectivity index (χ2n) is 7.51. The van der Waals surface area contributed by atoms with Crippen LogP contribution in [-0.4, -0.2) is 60.3 Å². The lowest BCUT2D eigenvalue weighted by Crippen LogP contribution is -2.38. The number of rotatable bonds is 7. The predicted octanol–water partition coefficient (Wildman–Crippen LogP) is 2.98. The maximum absolute atomic E-state index is 8.98. The van der Waals surface area contributed by atoms with Crippen molar-refractivity contribution < 1.29 is 5.11 Å². The van der Waals surface area contributed by atoms with Gasteiger partial charge >= 0.3 is 0 Å². The topological polar surface area (TPSA) is 26.7 Å². The molecule has 2 aliphatic heterocycles. The van der Waals surface area contributed by atoms with E-state index in [1.165, 1.54) is 71.1 Å². The molecule has 0 aromatic rings. The van der Waals surface area contributed by atoms with Gasteiger partial charge in [-0.05, 0) is 77.5 Å². The number of piperidine rings is 2. The zero-order valence-corrected chi connectivity index (χ0v) is 14.3. The minimum atomic E-state index is 0.319. The van der Waals surface area contributed by atoms with Crippen molar-refractivity contribution in [2.24, 2.45) is 11.8 Å². The first kappa shape index (κ1) is 17.2. The Morgan fingerprint density at radius 1 is 0.905 bits per heavy atom. The molecular formula is C18H36N2O. The lowest BCUT2D eigenvalue weighted by Gasteiger charge is -2.35. The van der Waals surface area contributed by atoms with Crippen molar-refractivity contribution in [3.8, 4) is 0 Å². The van der Waals surface area contributed by atoms with Crippen LogP contribution in [0.1, 0.15) is 58.8 Å². The highest BCUT2D eigenvalue weighted by Crippen LogP contribution is 2.27. The normalized spacial score (nSPS) is 24.0. The second-order valence-corrected chi connectivity index (χ2v) is 7.51. The SMILES string of the molecule is CC(C)N1CCC(CCCC2CCN(CCO)CC2)CC1. The Kier molecular flexibility index (Phi) is 7.48. The Hall–Kier alpha value is -0.120. The summed E-state index contributed by atoms with van der Waals surface area (Å²) in [6.45, 7) is 10.9. The molecule has 2 heterocycles. The Bertz CT molecular complexity index is 266. The van der Waals surface area contributed by atoms with Crippen molar-refractivity contribution in [2.45, 2.75) is 64.8 Å². The minimum Gasteiger partial charge on any atom is -0.395 e. The minimum absolute atomic E-state index is 0.319. The summed E-state index contributed by atoms with van der Waals surface area (Å²) in [5.74, 6) is 1.95.